The van der Waals surface area contributed by atoms with Crippen LogP contribution in [0.1, 0.15) is 30.1 Å². The number of rotatable bonds is 7. The maximum absolute atomic E-state index is 12.9. The third kappa shape index (κ3) is 7.53. The Morgan fingerprint density at radius 3 is 2.38 bits per heavy atom. The zero-order chi connectivity index (χ0) is 26.4. The second-order valence-corrected chi connectivity index (χ2v) is 9.02. The van der Waals surface area contributed by atoms with Gasteiger partial charge in [-0.15, -0.1) is 13.2 Å². The number of alkyl halides is 3. The highest BCUT2D eigenvalue weighted by molar-refractivity contribution is 6.05. The Labute approximate surface area is 212 Å². The van der Waals surface area contributed by atoms with Crippen LogP contribution < -0.4 is 15.4 Å². The number of pyridine rings is 1. The van der Waals surface area contributed by atoms with Gasteiger partial charge in [0, 0.05) is 17.3 Å². The number of amides is 2. The number of anilines is 2. The van der Waals surface area contributed by atoms with Crippen molar-refractivity contribution < 1.29 is 27.5 Å². The van der Waals surface area contributed by atoms with Gasteiger partial charge in [0.25, 0.3) is 5.91 Å². The molecular weight excluding hydrogens is 485 g/mol. The summed E-state index contributed by atoms with van der Waals surface area (Å²) in [6.07, 6.45) is -1.45. The van der Waals surface area contributed by atoms with E-state index in [1.807, 2.05) is 35.2 Å². The molecule has 0 atom stereocenters. The molecule has 194 valence electrons. The third-order valence-electron chi connectivity index (χ3n) is 6.10. The minimum Gasteiger partial charge on any atom is -0.404 e. The van der Waals surface area contributed by atoms with Gasteiger partial charge in [-0.25, -0.2) is 4.98 Å². The topological polar surface area (TPSA) is 83.6 Å². The van der Waals surface area contributed by atoms with E-state index in [1.165, 1.54) is 6.07 Å². The van der Waals surface area contributed by atoms with Crippen molar-refractivity contribution in [3.8, 4) is 16.9 Å². The highest BCUT2D eigenvalue weighted by Gasteiger charge is 2.32. The van der Waals surface area contributed by atoms with Gasteiger partial charge >= 0.3 is 6.36 Å². The van der Waals surface area contributed by atoms with Crippen molar-refractivity contribution in [1.29, 1.82) is 0 Å². The number of carbonyl (C=O) groups excluding carboxylic acids is 2. The molecule has 7 nitrogen and oxygen atoms in total. The van der Waals surface area contributed by atoms with Gasteiger partial charge < -0.3 is 15.4 Å². The molecule has 0 spiro atoms. The van der Waals surface area contributed by atoms with Crippen LogP contribution in [0.15, 0.2) is 66.9 Å². The highest BCUT2D eigenvalue weighted by Crippen LogP contribution is 2.32. The molecule has 0 radical (unpaired) electrons. The molecule has 1 saturated heterocycles. The zero-order valence-electron chi connectivity index (χ0n) is 20.2. The summed E-state index contributed by atoms with van der Waals surface area (Å²) >= 11 is 0. The molecule has 0 bridgehead atoms. The van der Waals surface area contributed by atoms with Gasteiger partial charge in [-0.05, 0) is 67.7 Å². The van der Waals surface area contributed by atoms with Crippen molar-refractivity contribution >= 4 is 23.3 Å². The molecule has 2 N–H and O–H groups in total. The number of benzene rings is 2. The van der Waals surface area contributed by atoms with Crippen LogP contribution in [0.5, 0.6) is 5.75 Å². The van der Waals surface area contributed by atoms with Crippen molar-refractivity contribution in [3.05, 3.63) is 72.4 Å². The van der Waals surface area contributed by atoms with Crippen molar-refractivity contribution in [2.75, 3.05) is 30.3 Å². The second kappa shape index (κ2) is 11.4. The van der Waals surface area contributed by atoms with E-state index < -0.39 is 23.9 Å². The van der Waals surface area contributed by atoms with E-state index in [4.69, 9.17) is 0 Å². The molecular formula is C27H27F3N4O3. The summed E-state index contributed by atoms with van der Waals surface area (Å²) in [6, 6.07) is 16.4. The number of hydrogen-bond acceptors (Lipinski definition) is 5. The molecule has 1 fully saturated rings. The normalized spacial score (nSPS) is 14.7. The van der Waals surface area contributed by atoms with Gasteiger partial charge in [0.15, 0.2) is 5.75 Å². The van der Waals surface area contributed by atoms with Crippen LogP contribution in [0.2, 0.25) is 0 Å². The molecule has 2 amide bonds. The molecule has 2 heterocycles. The zero-order valence-corrected chi connectivity index (χ0v) is 20.2. The number of aromatic nitrogens is 1. The van der Waals surface area contributed by atoms with Crippen LogP contribution in [0.3, 0.4) is 0 Å². The minimum atomic E-state index is -4.96. The van der Waals surface area contributed by atoms with E-state index in [2.05, 4.69) is 27.3 Å². The van der Waals surface area contributed by atoms with Crippen LogP contribution in [-0.4, -0.2) is 47.7 Å². The molecule has 10 heteroatoms. The summed E-state index contributed by atoms with van der Waals surface area (Å²) < 4.78 is 42.9. The average Bonchev–Trinajstić information content (AvgIpc) is 2.86. The molecule has 3 aromatic rings. The Bertz CT molecular complexity index is 1230. The molecule has 0 unspecified atom stereocenters. The van der Waals surface area contributed by atoms with E-state index in [1.54, 1.807) is 18.3 Å². The minimum absolute atomic E-state index is 0.0329. The number of nitrogens with one attached hydrogen (secondary N) is 2. The monoisotopic (exact) mass is 512 g/mol. The van der Waals surface area contributed by atoms with E-state index in [-0.39, 0.29) is 23.6 Å². The average molecular weight is 513 g/mol. The lowest BCUT2D eigenvalue weighted by molar-refractivity contribution is -0.274. The molecule has 0 aliphatic carbocycles. The molecule has 4 rings (SSSR count). The first-order valence-corrected chi connectivity index (χ1v) is 11.9. The lowest BCUT2D eigenvalue weighted by Gasteiger charge is -2.29. The number of likely N-dealkylation sites (tertiary alicyclic amines) is 1. The highest BCUT2D eigenvalue weighted by atomic mass is 19.4. The van der Waals surface area contributed by atoms with E-state index >= 15 is 0 Å². The molecule has 37 heavy (non-hydrogen) atoms. The lowest BCUT2D eigenvalue weighted by atomic mass is 9.99. The summed E-state index contributed by atoms with van der Waals surface area (Å²) in [4.78, 5) is 31.6. The molecule has 1 aliphatic rings. The smallest absolute Gasteiger partial charge is 0.404 e. The first-order valence-electron chi connectivity index (χ1n) is 11.9. The van der Waals surface area contributed by atoms with Crippen LogP contribution in [0, 0.1) is 5.92 Å². The van der Waals surface area contributed by atoms with E-state index in [0.29, 0.717) is 5.92 Å². The standard InChI is InChI=1S/C27H27F3N4O3/c1-18-11-13-34(14-12-18)17-25(35)32-22-15-20(7-9-23(22)37-27(28,29)30)26(36)33-24-10-8-21(16-31-24)19-5-3-2-4-6-19/h2-10,15-16,18H,11-14,17H2,1H3,(H,32,35)(H,31,33,36). The first kappa shape index (κ1) is 26.2. The molecule has 1 aromatic heterocycles. The fourth-order valence-electron chi connectivity index (χ4n) is 4.05. The van der Waals surface area contributed by atoms with Crippen molar-refractivity contribution in [2.45, 2.75) is 26.1 Å². The third-order valence-corrected chi connectivity index (χ3v) is 6.10. The number of hydrogen-bond donors (Lipinski definition) is 2. The van der Waals surface area contributed by atoms with Crippen LogP contribution in [0.4, 0.5) is 24.7 Å². The molecule has 1 aliphatic heterocycles. The summed E-state index contributed by atoms with van der Waals surface area (Å²) in [7, 11) is 0. The Balaban J connectivity index is 1.47. The second-order valence-electron chi connectivity index (χ2n) is 9.02. The number of carbonyl (C=O) groups is 2. The van der Waals surface area contributed by atoms with Crippen LogP contribution >= 0.6 is 0 Å². The van der Waals surface area contributed by atoms with Crippen LogP contribution in [-0.2, 0) is 4.79 Å². The van der Waals surface area contributed by atoms with E-state index in [9.17, 15) is 22.8 Å². The molecule has 2 aromatic carbocycles. The molecule has 0 saturated carbocycles. The quantitative estimate of drug-likeness (QED) is 0.433. The van der Waals surface area contributed by atoms with Gasteiger partial charge in [0.2, 0.25) is 5.91 Å². The van der Waals surface area contributed by atoms with Gasteiger partial charge in [-0.1, -0.05) is 37.3 Å². The van der Waals surface area contributed by atoms with Crippen LogP contribution in [0.25, 0.3) is 11.1 Å². The fraction of sp³-hybridized carbons (Fsp3) is 0.296. The Morgan fingerprint density at radius 1 is 1.00 bits per heavy atom. The van der Waals surface area contributed by atoms with Gasteiger partial charge in [-0.2, -0.15) is 0 Å². The summed E-state index contributed by atoms with van der Waals surface area (Å²) in [6.45, 7) is 3.65. The van der Waals surface area contributed by atoms with Gasteiger partial charge in [-0.3, -0.25) is 14.5 Å². The SMILES string of the molecule is CC1CCN(CC(=O)Nc2cc(C(=O)Nc3ccc(-c4ccccc4)cn3)ccc2OC(F)(F)F)CC1. The van der Waals surface area contributed by atoms with E-state index in [0.717, 1.165) is 49.2 Å². The Kier molecular flexibility index (Phi) is 8.08. The van der Waals surface area contributed by atoms with Gasteiger partial charge in [0.1, 0.15) is 5.82 Å². The maximum atomic E-state index is 12.9. The summed E-state index contributed by atoms with van der Waals surface area (Å²) in [5.74, 6) is -0.845. The largest absolute Gasteiger partial charge is 0.573 e. The summed E-state index contributed by atoms with van der Waals surface area (Å²) in [5, 5.41) is 5.10. The van der Waals surface area contributed by atoms with Crippen molar-refractivity contribution in [3.63, 3.8) is 0 Å². The van der Waals surface area contributed by atoms with Crippen molar-refractivity contribution in [1.82, 2.24) is 9.88 Å². The predicted molar refractivity (Wildman–Crippen MR) is 134 cm³/mol. The Hall–Kier alpha value is -3.92. The Morgan fingerprint density at radius 2 is 1.73 bits per heavy atom. The predicted octanol–water partition coefficient (Wildman–Crippen LogP) is 5.57. The first-order chi connectivity index (χ1) is 17.7. The maximum Gasteiger partial charge on any atom is 0.573 e. The number of nitrogens with zero attached hydrogens (tertiary/aromatic N) is 2. The lowest BCUT2D eigenvalue weighted by Crippen LogP contribution is -2.38. The number of halogens is 3. The summed E-state index contributed by atoms with van der Waals surface area (Å²) in [5.41, 5.74) is 1.62. The van der Waals surface area contributed by atoms with Crippen molar-refractivity contribution in [2.24, 2.45) is 5.92 Å². The number of ether oxygens (including phenoxy) is 1. The number of piperidine rings is 1. The van der Waals surface area contributed by atoms with Gasteiger partial charge in [0.05, 0.1) is 12.2 Å². The fourth-order valence-corrected chi connectivity index (χ4v) is 4.05.